The van der Waals surface area contributed by atoms with Gasteiger partial charge >= 0.3 is 0 Å². The third-order valence-corrected chi connectivity index (χ3v) is 4.14. The van der Waals surface area contributed by atoms with Crippen LogP contribution in [0.25, 0.3) is 0 Å². The Bertz CT molecular complexity index is 768. The van der Waals surface area contributed by atoms with Crippen molar-refractivity contribution in [3.63, 3.8) is 0 Å². The number of nitrogens with one attached hydrogen (secondary N) is 1. The minimum absolute atomic E-state index is 0.0376. The van der Waals surface area contributed by atoms with Crippen LogP contribution in [0.1, 0.15) is 12.5 Å². The van der Waals surface area contributed by atoms with Crippen molar-refractivity contribution in [2.75, 3.05) is 13.7 Å². The van der Waals surface area contributed by atoms with Gasteiger partial charge < -0.3 is 15.0 Å². The molecule has 5 nitrogen and oxygen atoms in total. The second kappa shape index (κ2) is 9.20. The average molecular weight is 379 g/mol. The lowest BCUT2D eigenvalue weighted by Crippen LogP contribution is -2.48. The van der Waals surface area contributed by atoms with E-state index < -0.39 is 17.8 Å². The van der Waals surface area contributed by atoms with E-state index in [0.29, 0.717) is 16.3 Å². The lowest BCUT2D eigenvalue weighted by atomic mass is 10.1. The number of carbonyl (C=O) groups excluding carboxylic acids is 2. The fraction of sp³-hybridized carbons (Fsp3) is 0.263. The molecule has 0 saturated heterocycles. The quantitative estimate of drug-likeness (QED) is 0.805. The number of hydrogen-bond acceptors (Lipinski definition) is 3. The molecule has 0 heterocycles. The molecule has 2 amide bonds. The normalized spacial score (nSPS) is 11.5. The monoisotopic (exact) mass is 378 g/mol. The third-order valence-electron chi connectivity index (χ3n) is 3.89. The van der Waals surface area contributed by atoms with Gasteiger partial charge in [0, 0.05) is 24.2 Å². The number of carbonyl (C=O) groups is 2. The van der Waals surface area contributed by atoms with Crippen molar-refractivity contribution in [2.45, 2.75) is 19.5 Å². The molecule has 0 fully saturated rings. The molecule has 0 aliphatic rings. The summed E-state index contributed by atoms with van der Waals surface area (Å²) in [6, 6.07) is 11.9. The molecule has 0 aromatic heterocycles. The molecule has 7 heteroatoms. The van der Waals surface area contributed by atoms with Gasteiger partial charge in [0.25, 0.3) is 5.91 Å². The van der Waals surface area contributed by atoms with Crippen LogP contribution in [0.4, 0.5) is 4.39 Å². The van der Waals surface area contributed by atoms with E-state index in [1.807, 2.05) is 0 Å². The Morgan fingerprint density at radius 2 is 1.85 bits per heavy atom. The van der Waals surface area contributed by atoms with Crippen LogP contribution in [0, 0.1) is 5.82 Å². The molecule has 2 aromatic rings. The van der Waals surface area contributed by atoms with Crippen LogP contribution in [-0.2, 0) is 16.1 Å². The lowest BCUT2D eigenvalue weighted by molar-refractivity contribution is -0.142. The molecular formula is C19H20ClFN2O3. The van der Waals surface area contributed by atoms with Gasteiger partial charge in [0.15, 0.2) is 6.61 Å². The van der Waals surface area contributed by atoms with Gasteiger partial charge in [-0.1, -0.05) is 29.8 Å². The Hall–Kier alpha value is -2.60. The maximum atomic E-state index is 14.0. The molecule has 2 aromatic carbocycles. The molecule has 1 N–H and O–H groups in total. The summed E-state index contributed by atoms with van der Waals surface area (Å²) in [5, 5.41) is 3.05. The average Bonchev–Trinajstić information content (AvgIpc) is 2.65. The fourth-order valence-electron chi connectivity index (χ4n) is 2.36. The SMILES string of the molecule is CNC(=O)C(C)N(Cc1ccccc1F)C(=O)COc1ccc(Cl)cc1. The van der Waals surface area contributed by atoms with Crippen LogP contribution < -0.4 is 10.1 Å². The molecule has 1 atom stereocenters. The number of rotatable bonds is 7. The number of amides is 2. The minimum atomic E-state index is -0.777. The van der Waals surface area contributed by atoms with Gasteiger partial charge in [-0.3, -0.25) is 9.59 Å². The van der Waals surface area contributed by atoms with Crippen molar-refractivity contribution >= 4 is 23.4 Å². The number of nitrogens with zero attached hydrogens (tertiary/aromatic N) is 1. The maximum Gasteiger partial charge on any atom is 0.261 e. The second-order valence-electron chi connectivity index (χ2n) is 5.65. The van der Waals surface area contributed by atoms with Crippen LogP contribution in [0.5, 0.6) is 5.75 Å². The highest BCUT2D eigenvalue weighted by atomic mass is 35.5. The Morgan fingerprint density at radius 3 is 2.46 bits per heavy atom. The number of hydrogen-bond donors (Lipinski definition) is 1. The number of benzene rings is 2. The van der Waals surface area contributed by atoms with Crippen molar-refractivity contribution in [3.8, 4) is 5.75 Å². The largest absolute Gasteiger partial charge is 0.484 e. The first kappa shape index (κ1) is 19.7. The molecular weight excluding hydrogens is 359 g/mol. The Kier molecular flexibility index (Phi) is 6.97. The van der Waals surface area contributed by atoms with Gasteiger partial charge in [-0.05, 0) is 37.3 Å². The van der Waals surface area contributed by atoms with Crippen molar-refractivity contribution in [1.29, 1.82) is 0 Å². The van der Waals surface area contributed by atoms with Crippen LogP contribution in [0.15, 0.2) is 48.5 Å². The highest BCUT2D eigenvalue weighted by Crippen LogP contribution is 2.17. The molecule has 0 spiro atoms. The maximum absolute atomic E-state index is 14.0. The summed E-state index contributed by atoms with van der Waals surface area (Å²) in [6.45, 7) is 1.27. The van der Waals surface area contributed by atoms with Crippen molar-refractivity contribution in [3.05, 3.63) is 64.9 Å². The van der Waals surface area contributed by atoms with E-state index in [4.69, 9.17) is 16.3 Å². The first-order valence-corrected chi connectivity index (χ1v) is 8.43. The highest BCUT2D eigenvalue weighted by Gasteiger charge is 2.26. The molecule has 0 saturated carbocycles. The predicted octanol–water partition coefficient (Wildman–Crippen LogP) is 3.02. The van der Waals surface area contributed by atoms with Gasteiger partial charge in [-0.25, -0.2) is 4.39 Å². The first-order valence-electron chi connectivity index (χ1n) is 8.05. The Balaban J connectivity index is 2.13. The summed E-state index contributed by atoms with van der Waals surface area (Å²) in [5.74, 6) is -0.741. The highest BCUT2D eigenvalue weighted by molar-refractivity contribution is 6.30. The van der Waals surface area contributed by atoms with Crippen LogP contribution in [-0.4, -0.2) is 36.4 Å². The molecule has 0 aliphatic carbocycles. The first-order chi connectivity index (χ1) is 12.4. The predicted molar refractivity (Wildman–Crippen MR) is 97.4 cm³/mol. The van der Waals surface area contributed by atoms with Crippen LogP contribution >= 0.6 is 11.6 Å². The zero-order chi connectivity index (χ0) is 19.1. The van der Waals surface area contributed by atoms with E-state index in [2.05, 4.69) is 5.32 Å². The van der Waals surface area contributed by atoms with Gasteiger partial charge in [-0.15, -0.1) is 0 Å². The van der Waals surface area contributed by atoms with E-state index in [9.17, 15) is 14.0 Å². The van der Waals surface area contributed by atoms with Gasteiger partial charge in [0.1, 0.15) is 17.6 Å². The van der Waals surface area contributed by atoms with Gasteiger partial charge in [0.2, 0.25) is 5.91 Å². The fourth-order valence-corrected chi connectivity index (χ4v) is 2.49. The zero-order valence-corrected chi connectivity index (χ0v) is 15.3. The Morgan fingerprint density at radius 1 is 1.19 bits per heavy atom. The molecule has 138 valence electrons. The molecule has 0 radical (unpaired) electrons. The van der Waals surface area contributed by atoms with Crippen molar-refractivity contribution < 1.29 is 18.7 Å². The summed E-state index contributed by atoms with van der Waals surface area (Å²) in [4.78, 5) is 25.9. The van der Waals surface area contributed by atoms with Gasteiger partial charge in [-0.2, -0.15) is 0 Å². The third kappa shape index (κ3) is 5.20. The topological polar surface area (TPSA) is 58.6 Å². The van der Waals surface area contributed by atoms with E-state index in [-0.39, 0.29) is 19.1 Å². The molecule has 26 heavy (non-hydrogen) atoms. The van der Waals surface area contributed by atoms with E-state index in [1.54, 1.807) is 49.4 Å². The number of likely N-dealkylation sites (N-methyl/N-ethyl adjacent to an activating group) is 1. The molecule has 2 rings (SSSR count). The van der Waals surface area contributed by atoms with Crippen LogP contribution in [0.2, 0.25) is 5.02 Å². The van der Waals surface area contributed by atoms with Gasteiger partial charge in [0.05, 0.1) is 0 Å². The smallest absolute Gasteiger partial charge is 0.261 e. The minimum Gasteiger partial charge on any atom is -0.484 e. The Labute approximate surface area is 156 Å². The van der Waals surface area contributed by atoms with E-state index >= 15 is 0 Å². The summed E-state index contributed by atoms with van der Waals surface area (Å²) in [6.07, 6.45) is 0. The van der Waals surface area contributed by atoms with Crippen molar-refractivity contribution in [2.24, 2.45) is 0 Å². The second-order valence-corrected chi connectivity index (χ2v) is 6.08. The van der Waals surface area contributed by atoms with E-state index in [0.717, 1.165) is 0 Å². The summed E-state index contributed by atoms with van der Waals surface area (Å²) in [5.41, 5.74) is 0.322. The number of halogens is 2. The molecule has 0 aliphatic heterocycles. The number of ether oxygens (including phenoxy) is 1. The molecule has 0 bridgehead atoms. The standard InChI is InChI=1S/C19H20ClFN2O3/c1-13(19(25)22-2)23(11-14-5-3-4-6-17(14)21)18(24)12-26-16-9-7-15(20)8-10-16/h3-10,13H,11-12H2,1-2H3,(H,22,25). The van der Waals surface area contributed by atoms with Crippen molar-refractivity contribution in [1.82, 2.24) is 10.2 Å². The zero-order valence-electron chi connectivity index (χ0n) is 14.5. The lowest BCUT2D eigenvalue weighted by Gasteiger charge is -2.28. The van der Waals surface area contributed by atoms with E-state index in [1.165, 1.54) is 18.0 Å². The molecule has 1 unspecified atom stereocenters. The summed E-state index contributed by atoms with van der Waals surface area (Å²) in [7, 11) is 1.48. The summed E-state index contributed by atoms with van der Waals surface area (Å²) < 4.78 is 19.4. The van der Waals surface area contributed by atoms with Crippen LogP contribution in [0.3, 0.4) is 0 Å². The summed E-state index contributed by atoms with van der Waals surface area (Å²) >= 11 is 5.81.